The van der Waals surface area contributed by atoms with E-state index in [1.165, 1.54) is 24.3 Å². The Labute approximate surface area is 132 Å². The second-order valence-corrected chi connectivity index (χ2v) is 5.65. The lowest BCUT2D eigenvalue weighted by Gasteiger charge is -2.12. The molecule has 112 valence electrons. The lowest BCUT2D eigenvalue weighted by atomic mass is 10.1. The number of alkyl halides is 3. The van der Waals surface area contributed by atoms with Gasteiger partial charge >= 0.3 is 6.18 Å². The van der Waals surface area contributed by atoms with Crippen molar-refractivity contribution in [1.82, 2.24) is 0 Å². The van der Waals surface area contributed by atoms with E-state index < -0.39 is 17.6 Å². The molecule has 0 unspecified atom stereocenters. The number of rotatable bonds is 3. The van der Waals surface area contributed by atoms with Gasteiger partial charge in [-0.25, -0.2) is 4.39 Å². The van der Waals surface area contributed by atoms with E-state index in [2.05, 4.69) is 21.2 Å². The summed E-state index contributed by atoms with van der Waals surface area (Å²) in [5.41, 5.74) is 0.212. The lowest BCUT2D eigenvalue weighted by Crippen LogP contribution is -2.07. The minimum Gasteiger partial charge on any atom is -0.381 e. The summed E-state index contributed by atoms with van der Waals surface area (Å²) in [6.07, 6.45) is -4.42. The molecule has 0 saturated heterocycles. The van der Waals surface area contributed by atoms with Crippen LogP contribution in [-0.2, 0) is 12.7 Å². The van der Waals surface area contributed by atoms with Crippen LogP contribution in [0.3, 0.4) is 0 Å². The second kappa shape index (κ2) is 6.23. The predicted molar refractivity (Wildman–Crippen MR) is 77.9 cm³/mol. The minimum atomic E-state index is -4.42. The Kier molecular flexibility index (Phi) is 4.78. The van der Waals surface area contributed by atoms with Crippen molar-refractivity contribution < 1.29 is 17.6 Å². The molecule has 0 spiro atoms. The number of hydrogen-bond donors (Lipinski definition) is 1. The Hall–Kier alpha value is -1.27. The average Bonchev–Trinajstić information content (AvgIpc) is 2.38. The first-order valence-electron chi connectivity index (χ1n) is 5.81. The molecule has 21 heavy (non-hydrogen) atoms. The van der Waals surface area contributed by atoms with E-state index in [1.54, 1.807) is 0 Å². The fraction of sp³-hybridized carbons (Fsp3) is 0.143. The zero-order chi connectivity index (χ0) is 15.6. The van der Waals surface area contributed by atoms with Gasteiger partial charge in [-0.3, -0.25) is 0 Å². The highest BCUT2D eigenvalue weighted by Crippen LogP contribution is 2.33. The maximum Gasteiger partial charge on any atom is 0.416 e. The molecule has 2 aromatic rings. The standard InChI is InChI=1S/C14H9BrClF4N/c15-10-4-9(14(18,19)20)5-11(6-10)21-7-8-1-2-13(17)12(16)3-8/h1-6,21H,7H2. The van der Waals surface area contributed by atoms with E-state index in [1.807, 2.05) is 0 Å². The molecular weight excluding hydrogens is 374 g/mol. The molecule has 0 heterocycles. The van der Waals surface area contributed by atoms with Crippen molar-refractivity contribution in [3.63, 3.8) is 0 Å². The Morgan fingerprint density at radius 1 is 1.10 bits per heavy atom. The van der Waals surface area contributed by atoms with Crippen LogP contribution in [0.25, 0.3) is 0 Å². The fourth-order valence-electron chi connectivity index (χ4n) is 1.71. The highest BCUT2D eigenvalue weighted by molar-refractivity contribution is 9.10. The van der Waals surface area contributed by atoms with Gasteiger partial charge in [0.25, 0.3) is 0 Å². The summed E-state index contributed by atoms with van der Waals surface area (Å²) in [6, 6.07) is 7.68. The highest BCUT2D eigenvalue weighted by atomic mass is 79.9. The first kappa shape index (κ1) is 16.1. The summed E-state index contributed by atoms with van der Waals surface area (Å²) in [7, 11) is 0. The average molecular weight is 383 g/mol. The first-order valence-corrected chi connectivity index (χ1v) is 6.98. The molecule has 0 saturated carbocycles. The molecule has 7 heteroatoms. The van der Waals surface area contributed by atoms with Crippen LogP contribution in [0.2, 0.25) is 5.02 Å². The second-order valence-electron chi connectivity index (χ2n) is 4.33. The Morgan fingerprint density at radius 3 is 2.43 bits per heavy atom. The molecule has 0 aliphatic rings. The molecule has 1 N–H and O–H groups in total. The number of nitrogens with one attached hydrogen (secondary N) is 1. The monoisotopic (exact) mass is 381 g/mol. The quantitative estimate of drug-likeness (QED) is 0.654. The molecule has 0 bridgehead atoms. The first-order chi connectivity index (χ1) is 9.75. The number of benzene rings is 2. The van der Waals surface area contributed by atoms with Crippen molar-refractivity contribution in [3.8, 4) is 0 Å². The molecule has 0 fully saturated rings. The van der Waals surface area contributed by atoms with Crippen LogP contribution in [0.1, 0.15) is 11.1 Å². The van der Waals surface area contributed by atoms with Crippen LogP contribution >= 0.6 is 27.5 Å². The summed E-state index contributed by atoms with van der Waals surface area (Å²) >= 11 is 8.69. The van der Waals surface area contributed by atoms with Crippen molar-refractivity contribution in [2.45, 2.75) is 12.7 Å². The van der Waals surface area contributed by atoms with Gasteiger partial charge in [0.2, 0.25) is 0 Å². The van der Waals surface area contributed by atoms with Crippen molar-refractivity contribution >= 4 is 33.2 Å². The molecular formula is C14H9BrClF4N. The minimum absolute atomic E-state index is 0.0282. The zero-order valence-electron chi connectivity index (χ0n) is 10.4. The van der Waals surface area contributed by atoms with Crippen molar-refractivity contribution in [1.29, 1.82) is 0 Å². The van der Waals surface area contributed by atoms with E-state index in [-0.39, 0.29) is 11.6 Å². The Morgan fingerprint density at radius 2 is 1.81 bits per heavy atom. The summed E-state index contributed by atoms with van der Waals surface area (Å²) < 4.78 is 51.4. The predicted octanol–water partition coefficient (Wildman–Crippen LogP) is 5.87. The van der Waals surface area contributed by atoms with Gasteiger partial charge in [0.05, 0.1) is 10.6 Å². The van der Waals surface area contributed by atoms with Crippen LogP contribution in [0, 0.1) is 5.82 Å². The van der Waals surface area contributed by atoms with Crippen LogP contribution in [0.5, 0.6) is 0 Å². The van der Waals surface area contributed by atoms with Crippen LogP contribution in [0.15, 0.2) is 40.9 Å². The number of anilines is 1. The number of halogens is 6. The topological polar surface area (TPSA) is 12.0 Å². The third kappa shape index (κ3) is 4.35. The smallest absolute Gasteiger partial charge is 0.381 e. The third-order valence-electron chi connectivity index (χ3n) is 2.71. The van der Waals surface area contributed by atoms with E-state index in [9.17, 15) is 17.6 Å². The maximum absolute atomic E-state index is 13.0. The van der Waals surface area contributed by atoms with Gasteiger partial charge in [0.15, 0.2) is 0 Å². The Bertz CT molecular complexity index is 658. The van der Waals surface area contributed by atoms with E-state index in [0.717, 1.165) is 12.1 Å². The van der Waals surface area contributed by atoms with Crippen molar-refractivity contribution in [3.05, 3.63) is 62.8 Å². The van der Waals surface area contributed by atoms with Gasteiger partial charge in [0.1, 0.15) is 5.82 Å². The van der Waals surface area contributed by atoms with E-state index >= 15 is 0 Å². The maximum atomic E-state index is 13.0. The third-order valence-corrected chi connectivity index (χ3v) is 3.45. The highest BCUT2D eigenvalue weighted by Gasteiger charge is 2.31. The summed E-state index contributed by atoms with van der Waals surface area (Å²) in [5.74, 6) is -0.540. The molecule has 2 aromatic carbocycles. The fourth-order valence-corrected chi connectivity index (χ4v) is 2.41. The number of hydrogen-bond acceptors (Lipinski definition) is 1. The van der Waals surface area contributed by atoms with Crippen LogP contribution in [-0.4, -0.2) is 0 Å². The molecule has 0 aliphatic heterocycles. The molecule has 0 aliphatic carbocycles. The largest absolute Gasteiger partial charge is 0.416 e. The Balaban J connectivity index is 2.16. The van der Waals surface area contributed by atoms with Crippen molar-refractivity contribution in [2.75, 3.05) is 5.32 Å². The van der Waals surface area contributed by atoms with Crippen LogP contribution < -0.4 is 5.32 Å². The normalized spacial score (nSPS) is 11.5. The zero-order valence-corrected chi connectivity index (χ0v) is 12.8. The summed E-state index contributed by atoms with van der Waals surface area (Å²) in [6.45, 7) is 0.230. The molecule has 0 aromatic heterocycles. The molecule has 0 radical (unpaired) electrons. The lowest BCUT2D eigenvalue weighted by molar-refractivity contribution is -0.137. The van der Waals surface area contributed by atoms with E-state index in [4.69, 9.17) is 11.6 Å². The molecule has 1 nitrogen and oxygen atoms in total. The molecule has 0 atom stereocenters. The van der Waals surface area contributed by atoms with Gasteiger partial charge in [-0.15, -0.1) is 0 Å². The van der Waals surface area contributed by atoms with Gasteiger partial charge in [0, 0.05) is 16.7 Å². The SMILES string of the molecule is Fc1ccc(CNc2cc(Br)cc(C(F)(F)F)c2)cc1Cl. The van der Waals surface area contributed by atoms with Gasteiger partial charge in [-0.05, 0) is 35.9 Å². The van der Waals surface area contributed by atoms with Gasteiger partial charge < -0.3 is 5.32 Å². The molecule has 0 amide bonds. The van der Waals surface area contributed by atoms with Gasteiger partial charge in [-0.2, -0.15) is 13.2 Å². The van der Waals surface area contributed by atoms with Crippen molar-refractivity contribution in [2.24, 2.45) is 0 Å². The van der Waals surface area contributed by atoms with E-state index in [0.29, 0.717) is 15.7 Å². The van der Waals surface area contributed by atoms with Gasteiger partial charge in [-0.1, -0.05) is 33.6 Å². The van der Waals surface area contributed by atoms with Crippen LogP contribution in [0.4, 0.5) is 23.2 Å². The summed E-state index contributed by atoms with van der Waals surface area (Å²) in [5, 5.41) is 2.82. The summed E-state index contributed by atoms with van der Waals surface area (Å²) in [4.78, 5) is 0. The molecule has 2 rings (SSSR count).